The maximum atomic E-state index is 11.7. The maximum absolute atomic E-state index is 11.7. The summed E-state index contributed by atoms with van der Waals surface area (Å²) in [5, 5.41) is 1.75. The molecule has 1 heterocycles. The zero-order valence-electron chi connectivity index (χ0n) is 12.2. The molecule has 0 radical (unpaired) electrons. The Labute approximate surface area is 142 Å². The van der Waals surface area contributed by atoms with E-state index in [0.717, 1.165) is 10.9 Å². The van der Waals surface area contributed by atoms with Gasteiger partial charge in [-0.15, -0.1) is 0 Å². The SMILES string of the molecule is CCOC(=O)c1cc2cc(Oc3ccc(Cl)c(Cl)c3)ccc2[nH]1. The Balaban J connectivity index is 1.87. The summed E-state index contributed by atoms with van der Waals surface area (Å²) >= 11 is 11.9. The van der Waals surface area contributed by atoms with Crippen molar-refractivity contribution in [2.24, 2.45) is 0 Å². The molecule has 0 atom stereocenters. The number of hydrogen-bond donors (Lipinski definition) is 1. The summed E-state index contributed by atoms with van der Waals surface area (Å²) in [7, 11) is 0. The molecule has 0 unspecified atom stereocenters. The molecule has 1 aromatic heterocycles. The van der Waals surface area contributed by atoms with Gasteiger partial charge in [0.15, 0.2) is 0 Å². The Morgan fingerprint density at radius 1 is 1.04 bits per heavy atom. The zero-order valence-corrected chi connectivity index (χ0v) is 13.7. The first kappa shape index (κ1) is 15.7. The van der Waals surface area contributed by atoms with Crippen molar-refractivity contribution in [3.8, 4) is 11.5 Å². The van der Waals surface area contributed by atoms with Crippen molar-refractivity contribution in [3.63, 3.8) is 0 Å². The number of carbonyl (C=O) groups is 1. The van der Waals surface area contributed by atoms with Crippen LogP contribution in [-0.2, 0) is 4.74 Å². The number of H-pyrrole nitrogens is 1. The van der Waals surface area contributed by atoms with Crippen LogP contribution in [0.5, 0.6) is 11.5 Å². The van der Waals surface area contributed by atoms with Crippen LogP contribution in [0.15, 0.2) is 42.5 Å². The number of ether oxygens (including phenoxy) is 2. The predicted octanol–water partition coefficient (Wildman–Crippen LogP) is 5.44. The van der Waals surface area contributed by atoms with Crippen LogP contribution in [-0.4, -0.2) is 17.6 Å². The van der Waals surface area contributed by atoms with Crippen LogP contribution < -0.4 is 4.74 Å². The predicted molar refractivity (Wildman–Crippen MR) is 90.8 cm³/mol. The normalized spacial score (nSPS) is 10.7. The molecule has 6 heteroatoms. The smallest absolute Gasteiger partial charge is 0.354 e. The molecule has 0 bridgehead atoms. The Hall–Kier alpha value is -2.17. The molecule has 0 aliphatic rings. The van der Waals surface area contributed by atoms with Crippen LogP contribution in [0.1, 0.15) is 17.4 Å². The number of halogens is 2. The third-order valence-corrected chi connectivity index (χ3v) is 3.95. The number of rotatable bonds is 4. The summed E-state index contributed by atoms with van der Waals surface area (Å²) in [6, 6.07) is 12.3. The second-order valence-corrected chi connectivity index (χ2v) is 5.64. The van der Waals surface area contributed by atoms with E-state index in [4.69, 9.17) is 32.7 Å². The van der Waals surface area contributed by atoms with E-state index >= 15 is 0 Å². The minimum absolute atomic E-state index is 0.333. The molecule has 0 fully saturated rings. The van der Waals surface area contributed by atoms with E-state index in [0.29, 0.717) is 33.8 Å². The lowest BCUT2D eigenvalue weighted by Gasteiger charge is -2.06. The van der Waals surface area contributed by atoms with Gasteiger partial charge in [-0.3, -0.25) is 0 Å². The Morgan fingerprint density at radius 3 is 2.52 bits per heavy atom. The molecular formula is C17H13Cl2NO3. The Kier molecular flexibility index (Phi) is 4.46. The molecule has 1 N–H and O–H groups in total. The van der Waals surface area contributed by atoms with E-state index in [9.17, 15) is 4.79 Å². The van der Waals surface area contributed by atoms with Gasteiger partial charge in [0.1, 0.15) is 17.2 Å². The highest BCUT2D eigenvalue weighted by Gasteiger charge is 2.11. The number of fused-ring (bicyclic) bond motifs is 1. The van der Waals surface area contributed by atoms with Crippen molar-refractivity contribution >= 4 is 40.1 Å². The van der Waals surface area contributed by atoms with Crippen molar-refractivity contribution in [2.45, 2.75) is 6.92 Å². The molecule has 0 saturated heterocycles. The highest BCUT2D eigenvalue weighted by Crippen LogP contribution is 2.31. The summed E-state index contributed by atoms with van der Waals surface area (Å²) in [6.45, 7) is 2.10. The third-order valence-electron chi connectivity index (χ3n) is 3.21. The van der Waals surface area contributed by atoms with Crippen LogP contribution in [0, 0.1) is 0 Å². The molecule has 2 aromatic carbocycles. The van der Waals surface area contributed by atoms with Gasteiger partial charge in [0.2, 0.25) is 0 Å². The monoisotopic (exact) mass is 349 g/mol. The molecular weight excluding hydrogens is 337 g/mol. The molecule has 4 nitrogen and oxygen atoms in total. The van der Waals surface area contributed by atoms with Crippen LogP contribution in [0.4, 0.5) is 0 Å². The van der Waals surface area contributed by atoms with Crippen molar-refractivity contribution in [2.75, 3.05) is 6.61 Å². The van der Waals surface area contributed by atoms with Gasteiger partial charge in [-0.1, -0.05) is 23.2 Å². The summed E-state index contributed by atoms with van der Waals surface area (Å²) in [5.41, 5.74) is 1.24. The minimum atomic E-state index is -0.379. The lowest BCUT2D eigenvalue weighted by atomic mass is 10.2. The summed E-state index contributed by atoms with van der Waals surface area (Å²) in [6.07, 6.45) is 0. The Morgan fingerprint density at radius 2 is 1.78 bits per heavy atom. The fourth-order valence-corrected chi connectivity index (χ4v) is 2.46. The van der Waals surface area contributed by atoms with Gasteiger partial charge in [-0.2, -0.15) is 0 Å². The first-order valence-corrected chi connectivity index (χ1v) is 7.75. The fourth-order valence-electron chi connectivity index (χ4n) is 2.17. The molecule has 118 valence electrons. The minimum Gasteiger partial charge on any atom is -0.461 e. The lowest BCUT2D eigenvalue weighted by molar-refractivity contribution is 0.0520. The van der Waals surface area contributed by atoms with Crippen LogP contribution >= 0.6 is 23.2 Å². The number of nitrogens with one attached hydrogen (secondary N) is 1. The maximum Gasteiger partial charge on any atom is 0.354 e. The second-order valence-electron chi connectivity index (χ2n) is 4.83. The topological polar surface area (TPSA) is 51.3 Å². The van der Waals surface area contributed by atoms with Crippen LogP contribution in [0.2, 0.25) is 10.0 Å². The number of carbonyl (C=O) groups excluding carboxylic acids is 1. The first-order chi connectivity index (χ1) is 11.1. The van der Waals surface area contributed by atoms with Gasteiger partial charge in [-0.05, 0) is 43.3 Å². The largest absolute Gasteiger partial charge is 0.461 e. The Bertz CT molecular complexity index is 873. The van der Waals surface area contributed by atoms with Gasteiger partial charge < -0.3 is 14.5 Å². The van der Waals surface area contributed by atoms with E-state index in [1.807, 2.05) is 12.1 Å². The molecule has 0 aliphatic heterocycles. The van der Waals surface area contributed by atoms with E-state index < -0.39 is 0 Å². The average molecular weight is 350 g/mol. The summed E-state index contributed by atoms with van der Waals surface area (Å²) < 4.78 is 10.7. The average Bonchev–Trinajstić information content (AvgIpc) is 2.94. The van der Waals surface area contributed by atoms with Gasteiger partial charge >= 0.3 is 5.97 Å². The molecule has 0 saturated carbocycles. The highest BCUT2D eigenvalue weighted by molar-refractivity contribution is 6.42. The molecule has 0 aliphatic carbocycles. The van der Waals surface area contributed by atoms with E-state index in [1.54, 1.807) is 37.3 Å². The molecule has 23 heavy (non-hydrogen) atoms. The van der Waals surface area contributed by atoms with Gasteiger partial charge in [0, 0.05) is 17.0 Å². The lowest BCUT2D eigenvalue weighted by Crippen LogP contribution is -2.04. The molecule has 3 rings (SSSR count). The number of esters is 1. The van der Waals surface area contributed by atoms with Crippen molar-refractivity contribution in [1.29, 1.82) is 0 Å². The van der Waals surface area contributed by atoms with Crippen molar-refractivity contribution in [1.82, 2.24) is 4.98 Å². The standard InChI is InChI=1S/C17H13Cl2NO3/c1-2-22-17(21)16-8-10-7-11(4-6-15(10)20-16)23-12-3-5-13(18)14(19)9-12/h3-9,20H,2H2,1H3. The van der Waals surface area contributed by atoms with Gasteiger partial charge in [0.05, 0.1) is 16.7 Å². The third kappa shape index (κ3) is 3.44. The van der Waals surface area contributed by atoms with Crippen LogP contribution in [0.25, 0.3) is 10.9 Å². The molecule has 3 aromatic rings. The fraction of sp³-hybridized carbons (Fsp3) is 0.118. The zero-order chi connectivity index (χ0) is 16.4. The number of benzene rings is 2. The van der Waals surface area contributed by atoms with Crippen LogP contribution in [0.3, 0.4) is 0 Å². The van der Waals surface area contributed by atoms with E-state index in [2.05, 4.69) is 4.98 Å². The second kappa shape index (κ2) is 6.52. The number of aromatic amines is 1. The number of hydrogen-bond acceptors (Lipinski definition) is 3. The quantitative estimate of drug-likeness (QED) is 0.637. The van der Waals surface area contributed by atoms with Gasteiger partial charge in [0.25, 0.3) is 0 Å². The van der Waals surface area contributed by atoms with Crippen molar-refractivity contribution < 1.29 is 14.3 Å². The van der Waals surface area contributed by atoms with E-state index in [1.165, 1.54) is 0 Å². The molecule has 0 spiro atoms. The van der Waals surface area contributed by atoms with Gasteiger partial charge in [-0.25, -0.2) is 4.79 Å². The molecule has 0 amide bonds. The van der Waals surface area contributed by atoms with E-state index in [-0.39, 0.29) is 5.97 Å². The summed E-state index contributed by atoms with van der Waals surface area (Å²) in [5.74, 6) is 0.834. The summed E-state index contributed by atoms with van der Waals surface area (Å²) in [4.78, 5) is 14.8. The number of aromatic nitrogens is 1. The van der Waals surface area contributed by atoms with Crippen molar-refractivity contribution in [3.05, 3.63) is 58.2 Å². The first-order valence-electron chi connectivity index (χ1n) is 6.99. The highest BCUT2D eigenvalue weighted by atomic mass is 35.5.